The normalized spacial score (nSPS) is 23.6. The minimum Gasteiger partial charge on any atom is -0.379 e. The molecule has 2 aliphatic rings. The predicted octanol–water partition coefficient (Wildman–Crippen LogP) is 5.13. The van der Waals surface area contributed by atoms with Crippen molar-refractivity contribution in [2.24, 2.45) is 0 Å². The van der Waals surface area contributed by atoms with Crippen molar-refractivity contribution in [1.82, 2.24) is 4.90 Å². The molecule has 0 saturated carbocycles. The maximum Gasteiger partial charge on any atom is 0.255 e. The van der Waals surface area contributed by atoms with E-state index in [9.17, 15) is 4.79 Å². The van der Waals surface area contributed by atoms with E-state index in [-0.39, 0.29) is 16.9 Å². The summed E-state index contributed by atoms with van der Waals surface area (Å²) in [7, 11) is 0. The van der Waals surface area contributed by atoms with Crippen molar-refractivity contribution in [3.05, 3.63) is 64.7 Å². The molecule has 2 aromatic carbocycles. The second kappa shape index (κ2) is 6.40. The monoisotopic (exact) mass is 362 g/mol. The summed E-state index contributed by atoms with van der Waals surface area (Å²) >= 11 is 0. The SMILES string of the molecule is Cc1cc(C(=O)N2CCCC2)c2c(c1)C(C)(c1ccccc1)CC(C)(C)N2. The highest BCUT2D eigenvalue weighted by Crippen LogP contribution is 2.49. The van der Waals surface area contributed by atoms with Gasteiger partial charge in [-0.3, -0.25) is 4.79 Å². The quantitative estimate of drug-likeness (QED) is 0.803. The Morgan fingerprint density at radius 1 is 1.04 bits per heavy atom. The first-order valence-corrected chi connectivity index (χ1v) is 10.1. The molecule has 0 bridgehead atoms. The van der Waals surface area contributed by atoms with Crippen LogP contribution in [-0.2, 0) is 5.41 Å². The fourth-order valence-electron chi connectivity index (χ4n) is 5.04. The van der Waals surface area contributed by atoms with Crippen molar-refractivity contribution in [3.63, 3.8) is 0 Å². The molecular formula is C24H30N2O. The highest BCUT2D eigenvalue weighted by atomic mass is 16.2. The van der Waals surface area contributed by atoms with E-state index in [2.05, 4.69) is 75.5 Å². The van der Waals surface area contributed by atoms with Crippen molar-refractivity contribution in [2.45, 2.75) is 57.9 Å². The number of hydrogen-bond donors (Lipinski definition) is 1. The van der Waals surface area contributed by atoms with Gasteiger partial charge in [0.15, 0.2) is 0 Å². The van der Waals surface area contributed by atoms with Gasteiger partial charge >= 0.3 is 0 Å². The summed E-state index contributed by atoms with van der Waals surface area (Å²) in [5.74, 6) is 0.174. The molecule has 0 aliphatic carbocycles. The van der Waals surface area contributed by atoms with E-state index in [4.69, 9.17) is 0 Å². The fraction of sp³-hybridized carbons (Fsp3) is 0.458. The van der Waals surface area contributed by atoms with Gasteiger partial charge in [0.2, 0.25) is 0 Å². The summed E-state index contributed by atoms with van der Waals surface area (Å²) < 4.78 is 0. The van der Waals surface area contributed by atoms with E-state index in [0.717, 1.165) is 49.2 Å². The average molecular weight is 363 g/mol. The van der Waals surface area contributed by atoms with E-state index >= 15 is 0 Å². The minimum atomic E-state index is -0.128. The van der Waals surface area contributed by atoms with Gasteiger partial charge in [0.1, 0.15) is 0 Å². The van der Waals surface area contributed by atoms with E-state index < -0.39 is 0 Å². The van der Waals surface area contributed by atoms with Gasteiger partial charge in [0.05, 0.1) is 11.3 Å². The molecule has 1 unspecified atom stereocenters. The molecule has 3 heteroatoms. The lowest BCUT2D eigenvalue weighted by molar-refractivity contribution is 0.0793. The lowest BCUT2D eigenvalue weighted by Gasteiger charge is -2.46. The average Bonchev–Trinajstić information content (AvgIpc) is 3.16. The third-order valence-electron chi connectivity index (χ3n) is 6.17. The number of aryl methyl sites for hydroxylation is 1. The van der Waals surface area contributed by atoms with Gasteiger partial charge in [0, 0.05) is 24.0 Å². The van der Waals surface area contributed by atoms with E-state index in [1.165, 1.54) is 11.1 Å². The molecule has 3 nitrogen and oxygen atoms in total. The zero-order valence-corrected chi connectivity index (χ0v) is 16.9. The van der Waals surface area contributed by atoms with Crippen LogP contribution in [0.2, 0.25) is 0 Å². The largest absolute Gasteiger partial charge is 0.379 e. The number of likely N-dealkylation sites (tertiary alicyclic amines) is 1. The molecule has 2 aliphatic heterocycles. The molecule has 2 heterocycles. The van der Waals surface area contributed by atoms with Gasteiger partial charge in [-0.1, -0.05) is 43.3 Å². The first-order chi connectivity index (χ1) is 12.8. The number of benzene rings is 2. The molecule has 1 amide bonds. The minimum absolute atomic E-state index is 0.0904. The number of hydrogen-bond acceptors (Lipinski definition) is 2. The summed E-state index contributed by atoms with van der Waals surface area (Å²) in [5.41, 5.74) is 5.35. The van der Waals surface area contributed by atoms with Crippen molar-refractivity contribution < 1.29 is 4.79 Å². The lowest BCUT2D eigenvalue weighted by atomic mass is 9.65. The van der Waals surface area contributed by atoms with Crippen molar-refractivity contribution in [2.75, 3.05) is 18.4 Å². The number of rotatable bonds is 2. The summed E-state index contributed by atoms with van der Waals surface area (Å²) in [5, 5.41) is 3.71. The van der Waals surface area contributed by atoms with Crippen molar-refractivity contribution >= 4 is 11.6 Å². The second-order valence-electron chi connectivity index (χ2n) is 9.12. The number of carbonyl (C=O) groups excluding carboxylic acids is 1. The smallest absolute Gasteiger partial charge is 0.255 e. The topological polar surface area (TPSA) is 32.3 Å². The summed E-state index contributed by atoms with van der Waals surface area (Å²) in [6, 6.07) is 15.1. The van der Waals surface area contributed by atoms with Gasteiger partial charge < -0.3 is 10.2 Å². The standard InChI is InChI=1S/C24H30N2O/c1-17-14-19(22(27)26-12-8-9-13-26)21-20(15-17)24(4,16-23(2,3)25-21)18-10-6-5-7-11-18/h5-7,10-11,14-15,25H,8-9,12-13,16H2,1-4H3. The summed E-state index contributed by atoms with van der Waals surface area (Å²) in [6.07, 6.45) is 3.21. The number of nitrogens with one attached hydrogen (secondary N) is 1. The molecule has 1 saturated heterocycles. The molecule has 1 fully saturated rings. The lowest BCUT2D eigenvalue weighted by Crippen LogP contribution is -2.46. The van der Waals surface area contributed by atoms with Crippen LogP contribution in [0.15, 0.2) is 42.5 Å². The third kappa shape index (κ3) is 3.13. The van der Waals surface area contributed by atoms with Crippen LogP contribution in [-0.4, -0.2) is 29.4 Å². The number of carbonyl (C=O) groups is 1. The Labute approximate surface area is 162 Å². The predicted molar refractivity (Wildman–Crippen MR) is 112 cm³/mol. The van der Waals surface area contributed by atoms with Crippen LogP contribution < -0.4 is 5.32 Å². The van der Waals surface area contributed by atoms with Crippen LogP contribution in [0.25, 0.3) is 0 Å². The molecule has 0 radical (unpaired) electrons. The van der Waals surface area contributed by atoms with Gasteiger partial charge in [-0.05, 0) is 62.8 Å². The van der Waals surface area contributed by atoms with Gasteiger partial charge in [0.25, 0.3) is 5.91 Å². The molecule has 27 heavy (non-hydrogen) atoms. The Bertz CT molecular complexity index is 865. The van der Waals surface area contributed by atoms with Gasteiger partial charge in [-0.15, -0.1) is 0 Å². The van der Waals surface area contributed by atoms with Crippen LogP contribution >= 0.6 is 0 Å². The number of nitrogens with zero attached hydrogens (tertiary/aromatic N) is 1. The maximum atomic E-state index is 13.3. The zero-order chi connectivity index (χ0) is 19.2. The highest BCUT2D eigenvalue weighted by Gasteiger charge is 2.43. The Morgan fingerprint density at radius 2 is 1.70 bits per heavy atom. The van der Waals surface area contributed by atoms with Gasteiger partial charge in [-0.2, -0.15) is 0 Å². The van der Waals surface area contributed by atoms with Crippen LogP contribution in [0.3, 0.4) is 0 Å². The van der Waals surface area contributed by atoms with Crippen LogP contribution in [0.1, 0.15) is 67.1 Å². The molecule has 0 spiro atoms. The van der Waals surface area contributed by atoms with E-state index in [1.807, 2.05) is 4.90 Å². The number of anilines is 1. The van der Waals surface area contributed by atoms with Gasteiger partial charge in [-0.25, -0.2) is 0 Å². The Hall–Kier alpha value is -2.29. The fourth-order valence-corrected chi connectivity index (χ4v) is 5.04. The highest BCUT2D eigenvalue weighted by molar-refractivity contribution is 6.01. The molecule has 4 rings (SSSR count). The van der Waals surface area contributed by atoms with Crippen molar-refractivity contribution in [3.8, 4) is 0 Å². The maximum absolute atomic E-state index is 13.3. The van der Waals surface area contributed by atoms with Crippen LogP contribution in [0.5, 0.6) is 0 Å². The first kappa shape index (κ1) is 18.1. The second-order valence-corrected chi connectivity index (χ2v) is 9.12. The number of amides is 1. The van der Waals surface area contributed by atoms with E-state index in [1.54, 1.807) is 0 Å². The molecule has 1 atom stereocenters. The molecular weight excluding hydrogens is 332 g/mol. The van der Waals surface area contributed by atoms with Crippen LogP contribution in [0, 0.1) is 6.92 Å². The summed E-state index contributed by atoms with van der Waals surface area (Å²) in [6.45, 7) is 10.7. The Morgan fingerprint density at radius 3 is 2.37 bits per heavy atom. The third-order valence-corrected chi connectivity index (χ3v) is 6.17. The Balaban J connectivity index is 1.91. The number of fused-ring (bicyclic) bond motifs is 1. The molecule has 142 valence electrons. The van der Waals surface area contributed by atoms with E-state index in [0.29, 0.717) is 0 Å². The zero-order valence-electron chi connectivity index (χ0n) is 16.9. The first-order valence-electron chi connectivity index (χ1n) is 10.1. The van der Waals surface area contributed by atoms with Crippen LogP contribution in [0.4, 0.5) is 5.69 Å². The molecule has 1 N–H and O–H groups in total. The summed E-state index contributed by atoms with van der Waals surface area (Å²) in [4.78, 5) is 15.3. The molecule has 2 aromatic rings. The molecule has 0 aromatic heterocycles. The Kier molecular flexibility index (Phi) is 4.29. The van der Waals surface area contributed by atoms with Crippen molar-refractivity contribution in [1.29, 1.82) is 0 Å².